The highest BCUT2D eigenvalue weighted by Gasteiger charge is 2.12. The lowest BCUT2D eigenvalue weighted by Crippen LogP contribution is -2.47. The quantitative estimate of drug-likeness (QED) is 0.670. The molecule has 1 aliphatic heterocycles. The van der Waals surface area contributed by atoms with Crippen LogP contribution in [0.3, 0.4) is 0 Å². The van der Waals surface area contributed by atoms with Crippen LogP contribution in [0.4, 0.5) is 0 Å². The third kappa shape index (κ3) is 9.62. The van der Waals surface area contributed by atoms with Gasteiger partial charge >= 0.3 is 0 Å². The summed E-state index contributed by atoms with van der Waals surface area (Å²) in [7, 11) is 0. The maximum atomic E-state index is 11.4. The highest BCUT2D eigenvalue weighted by Crippen LogP contribution is 1.90. The predicted molar refractivity (Wildman–Crippen MR) is 73.3 cm³/mol. The molecule has 2 N–H and O–H groups in total. The number of halogens is 2. The molecule has 1 heterocycles. The second-order valence-electron chi connectivity index (χ2n) is 3.57. The van der Waals surface area contributed by atoms with Crippen molar-refractivity contribution in [2.45, 2.75) is 6.92 Å². The van der Waals surface area contributed by atoms with Crippen LogP contribution in [-0.4, -0.2) is 63.3 Å². The van der Waals surface area contributed by atoms with Crippen molar-refractivity contribution < 1.29 is 9.53 Å². The van der Waals surface area contributed by atoms with Gasteiger partial charge in [0.25, 0.3) is 0 Å². The number of carbonyl (C=O) groups is 1. The van der Waals surface area contributed by atoms with E-state index >= 15 is 0 Å². The number of hydrogen-bond acceptors (Lipinski definition) is 4. The van der Waals surface area contributed by atoms with Crippen LogP contribution in [-0.2, 0) is 9.53 Å². The van der Waals surface area contributed by atoms with E-state index in [1.165, 1.54) is 0 Å². The Labute approximate surface area is 115 Å². The summed E-state index contributed by atoms with van der Waals surface area (Å²) in [6.07, 6.45) is 0. The molecule has 0 saturated carbocycles. The zero-order valence-electron chi connectivity index (χ0n) is 10.2. The van der Waals surface area contributed by atoms with Crippen molar-refractivity contribution in [2.24, 2.45) is 0 Å². The van der Waals surface area contributed by atoms with E-state index < -0.39 is 0 Å². The van der Waals surface area contributed by atoms with Crippen molar-refractivity contribution in [1.29, 1.82) is 0 Å². The van der Waals surface area contributed by atoms with E-state index in [1.54, 1.807) is 0 Å². The lowest BCUT2D eigenvalue weighted by atomic mass is 10.3. The third-order valence-electron chi connectivity index (χ3n) is 2.35. The fourth-order valence-electron chi connectivity index (χ4n) is 1.54. The molecule has 0 radical (unpaired) electrons. The summed E-state index contributed by atoms with van der Waals surface area (Å²) in [5.41, 5.74) is 0. The Morgan fingerprint density at radius 3 is 2.59 bits per heavy atom. The minimum Gasteiger partial charge on any atom is -0.380 e. The minimum absolute atomic E-state index is 0. The summed E-state index contributed by atoms with van der Waals surface area (Å²) in [6.45, 7) is 8.24. The van der Waals surface area contributed by atoms with Crippen LogP contribution in [0.15, 0.2) is 0 Å². The number of hydrogen-bond donors (Lipinski definition) is 2. The summed E-state index contributed by atoms with van der Waals surface area (Å²) in [6, 6.07) is 0. The molecule has 0 spiro atoms. The largest absolute Gasteiger partial charge is 0.380 e. The van der Waals surface area contributed by atoms with Gasteiger partial charge in [-0.25, -0.2) is 0 Å². The van der Waals surface area contributed by atoms with Crippen molar-refractivity contribution in [3.8, 4) is 0 Å². The third-order valence-corrected chi connectivity index (χ3v) is 2.35. The van der Waals surface area contributed by atoms with Crippen LogP contribution >= 0.6 is 24.8 Å². The average molecular weight is 288 g/mol. The molecule has 104 valence electrons. The van der Waals surface area contributed by atoms with Crippen molar-refractivity contribution in [3.63, 3.8) is 0 Å². The van der Waals surface area contributed by atoms with Gasteiger partial charge in [0, 0.05) is 39.3 Å². The zero-order chi connectivity index (χ0) is 10.9. The molecule has 0 unspecified atom stereocenters. The fraction of sp³-hybridized carbons (Fsp3) is 0.900. The molecule has 1 rings (SSSR count). The second-order valence-corrected chi connectivity index (χ2v) is 3.57. The van der Waals surface area contributed by atoms with E-state index in [2.05, 4.69) is 15.5 Å². The average Bonchev–Trinajstić information content (AvgIpc) is 2.26. The molecule has 0 bridgehead atoms. The fourth-order valence-corrected chi connectivity index (χ4v) is 1.54. The van der Waals surface area contributed by atoms with Crippen LogP contribution in [0.2, 0.25) is 0 Å². The first-order valence-electron chi connectivity index (χ1n) is 5.60. The summed E-state index contributed by atoms with van der Waals surface area (Å²) in [5, 5.41) is 6.09. The van der Waals surface area contributed by atoms with E-state index in [1.807, 2.05) is 6.92 Å². The number of nitrogens with one attached hydrogen (secondary N) is 2. The molecular weight excluding hydrogens is 265 g/mol. The lowest BCUT2D eigenvalue weighted by Gasteiger charge is -2.26. The monoisotopic (exact) mass is 287 g/mol. The molecule has 5 nitrogen and oxygen atoms in total. The van der Waals surface area contributed by atoms with Crippen LogP contribution < -0.4 is 10.6 Å². The van der Waals surface area contributed by atoms with Gasteiger partial charge in [0.05, 0.1) is 13.2 Å². The Hall–Kier alpha value is -0.0700. The molecule has 7 heteroatoms. The lowest BCUT2D eigenvalue weighted by molar-refractivity contribution is -0.122. The van der Waals surface area contributed by atoms with Gasteiger partial charge in [-0.3, -0.25) is 9.69 Å². The van der Waals surface area contributed by atoms with Gasteiger partial charge < -0.3 is 15.4 Å². The molecule has 1 saturated heterocycles. The van der Waals surface area contributed by atoms with Gasteiger partial charge in [-0.05, 0) is 6.92 Å². The van der Waals surface area contributed by atoms with Crippen LogP contribution in [0.1, 0.15) is 6.92 Å². The standard InChI is InChI=1S/C10H21N3O2.2ClH/c1-2-15-8-5-12-10(14)9-13-6-3-11-4-7-13;;/h11H,2-9H2,1H3,(H,12,14);2*1H. The van der Waals surface area contributed by atoms with E-state index in [9.17, 15) is 4.79 Å². The molecule has 1 amide bonds. The summed E-state index contributed by atoms with van der Waals surface area (Å²) in [5.74, 6) is 0.0941. The summed E-state index contributed by atoms with van der Waals surface area (Å²) in [4.78, 5) is 13.6. The number of carbonyl (C=O) groups excluding carboxylic acids is 1. The second kappa shape index (κ2) is 12.4. The van der Waals surface area contributed by atoms with E-state index in [4.69, 9.17) is 4.74 Å². The van der Waals surface area contributed by atoms with Gasteiger partial charge in [-0.15, -0.1) is 24.8 Å². The molecule has 1 fully saturated rings. The number of amides is 1. The first-order chi connectivity index (χ1) is 7.33. The van der Waals surface area contributed by atoms with Gasteiger partial charge in [0.2, 0.25) is 5.91 Å². The number of rotatable bonds is 6. The molecule has 0 aromatic carbocycles. The molecule has 1 aliphatic rings. The van der Waals surface area contributed by atoms with Gasteiger partial charge in [-0.2, -0.15) is 0 Å². The number of ether oxygens (including phenoxy) is 1. The summed E-state index contributed by atoms with van der Waals surface area (Å²) >= 11 is 0. The normalized spacial score (nSPS) is 15.6. The maximum absolute atomic E-state index is 11.4. The predicted octanol–water partition coefficient (Wildman–Crippen LogP) is -0.112. The van der Waals surface area contributed by atoms with E-state index in [0.29, 0.717) is 26.3 Å². The number of piperazine rings is 1. The highest BCUT2D eigenvalue weighted by molar-refractivity contribution is 5.85. The zero-order valence-corrected chi connectivity index (χ0v) is 11.9. The first kappa shape index (κ1) is 19.3. The molecule has 0 aliphatic carbocycles. The van der Waals surface area contributed by atoms with Gasteiger partial charge in [0.1, 0.15) is 0 Å². The smallest absolute Gasteiger partial charge is 0.234 e. The van der Waals surface area contributed by atoms with E-state index in [0.717, 1.165) is 26.2 Å². The Balaban J connectivity index is 0. The molecule has 0 atom stereocenters. The Bertz CT molecular complexity index is 190. The Kier molecular flexibility index (Phi) is 14.0. The van der Waals surface area contributed by atoms with Crippen LogP contribution in [0, 0.1) is 0 Å². The van der Waals surface area contributed by atoms with Gasteiger partial charge in [0.15, 0.2) is 0 Å². The van der Waals surface area contributed by atoms with Crippen LogP contribution in [0.25, 0.3) is 0 Å². The first-order valence-corrected chi connectivity index (χ1v) is 5.60. The highest BCUT2D eigenvalue weighted by atomic mass is 35.5. The summed E-state index contributed by atoms with van der Waals surface area (Å²) < 4.78 is 5.14. The Morgan fingerprint density at radius 1 is 1.35 bits per heavy atom. The topological polar surface area (TPSA) is 53.6 Å². The molecule has 0 aromatic rings. The maximum Gasteiger partial charge on any atom is 0.234 e. The van der Waals surface area contributed by atoms with Gasteiger partial charge in [-0.1, -0.05) is 0 Å². The van der Waals surface area contributed by atoms with E-state index in [-0.39, 0.29) is 30.7 Å². The van der Waals surface area contributed by atoms with Crippen molar-refractivity contribution in [3.05, 3.63) is 0 Å². The van der Waals surface area contributed by atoms with Crippen molar-refractivity contribution in [1.82, 2.24) is 15.5 Å². The molecule has 0 aromatic heterocycles. The Morgan fingerprint density at radius 2 is 2.00 bits per heavy atom. The molecule has 17 heavy (non-hydrogen) atoms. The SMILES string of the molecule is CCOCCNC(=O)CN1CCNCC1.Cl.Cl. The minimum atomic E-state index is 0. The number of nitrogens with zero attached hydrogens (tertiary/aromatic N) is 1. The molecular formula is C10H23Cl2N3O2. The van der Waals surface area contributed by atoms with Crippen LogP contribution in [0.5, 0.6) is 0 Å². The van der Waals surface area contributed by atoms with Crippen molar-refractivity contribution in [2.75, 3.05) is 52.5 Å². The van der Waals surface area contributed by atoms with Crippen molar-refractivity contribution >= 4 is 30.7 Å².